The number of rotatable bonds is 6. The van der Waals surface area contributed by atoms with Crippen LogP contribution in [0.15, 0.2) is 28.5 Å². The number of amidine groups is 1. The van der Waals surface area contributed by atoms with Gasteiger partial charge in [-0.3, -0.25) is 20.3 Å². The number of nitrogens with zero attached hydrogens (tertiary/aromatic N) is 5. The standard InChI is InChI=1S/C31H43F2N7O2/c1-5-28(42)38-12-8-22(9-13-38)36-26-10-14-39(20(2)41)17-24(26)30(34)40-11-6-7-21-15-25(23(29(32)33)16-27(21)40)31(3)18-35-37(4)19-31/h15-16,18,22,29H,5-14,17,19H2,1-4H3,(H2,34,36)/p+1. The Morgan fingerprint density at radius 1 is 1.19 bits per heavy atom. The number of likely N-dealkylation sites (tertiary alicyclic amines) is 1. The molecule has 4 aliphatic rings. The van der Waals surface area contributed by atoms with Gasteiger partial charge in [-0.25, -0.2) is 13.4 Å². The predicted molar refractivity (Wildman–Crippen MR) is 159 cm³/mol. The zero-order chi connectivity index (χ0) is 30.2. The lowest BCUT2D eigenvalue weighted by Gasteiger charge is -2.36. The summed E-state index contributed by atoms with van der Waals surface area (Å²) in [6.45, 7) is 8.93. The largest absolute Gasteiger partial charge is 0.385 e. The van der Waals surface area contributed by atoms with Gasteiger partial charge in [0, 0.05) is 75.4 Å². The van der Waals surface area contributed by atoms with Crippen LogP contribution in [0.25, 0.3) is 0 Å². The molecule has 2 amide bonds. The van der Waals surface area contributed by atoms with E-state index in [4.69, 9.17) is 5.73 Å². The number of benzene rings is 1. The number of nitrogens with two attached hydrogens (primary N) is 1. The maximum Gasteiger partial charge on any atom is 0.279 e. The molecule has 11 heteroatoms. The summed E-state index contributed by atoms with van der Waals surface area (Å²) in [5, 5.41) is 9.83. The van der Waals surface area contributed by atoms with Crippen molar-refractivity contribution in [1.82, 2.24) is 20.1 Å². The van der Waals surface area contributed by atoms with Crippen LogP contribution in [0.3, 0.4) is 0 Å². The number of hydrazone groups is 1. The quantitative estimate of drug-likeness (QED) is 0.395. The number of carbonyl (C=O) groups excluding carboxylic acids is 2. The number of amides is 2. The Hall–Kier alpha value is -3.50. The van der Waals surface area contributed by atoms with Crippen LogP contribution in [0.4, 0.5) is 14.5 Å². The number of aryl methyl sites for hydroxylation is 1. The van der Waals surface area contributed by atoms with Crippen molar-refractivity contribution in [1.29, 1.82) is 0 Å². The monoisotopic (exact) mass is 584 g/mol. The van der Waals surface area contributed by atoms with E-state index in [1.54, 1.807) is 29.1 Å². The number of carbonyl (C=O) groups is 2. The summed E-state index contributed by atoms with van der Waals surface area (Å²) in [7, 11) is 1.85. The summed E-state index contributed by atoms with van der Waals surface area (Å²) in [4.78, 5) is 28.2. The van der Waals surface area contributed by atoms with Crippen molar-refractivity contribution >= 4 is 29.6 Å². The van der Waals surface area contributed by atoms with E-state index in [2.05, 4.69) is 10.4 Å². The lowest BCUT2D eigenvalue weighted by molar-refractivity contribution is -0.447. The van der Waals surface area contributed by atoms with Gasteiger partial charge in [0.2, 0.25) is 11.8 Å². The van der Waals surface area contributed by atoms with E-state index in [1.807, 2.05) is 36.4 Å². The van der Waals surface area contributed by atoms with E-state index in [-0.39, 0.29) is 23.4 Å². The molecule has 1 fully saturated rings. The van der Waals surface area contributed by atoms with Crippen molar-refractivity contribution in [3.8, 4) is 0 Å². The summed E-state index contributed by atoms with van der Waals surface area (Å²) >= 11 is 0. The van der Waals surface area contributed by atoms with Gasteiger partial charge in [-0.15, -0.1) is 0 Å². The second kappa shape index (κ2) is 12.0. The fraction of sp³-hybridized carbons (Fsp3) is 0.613. The summed E-state index contributed by atoms with van der Waals surface area (Å²) in [6, 6.07) is 3.75. The average molecular weight is 585 g/mol. The lowest BCUT2D eigenvalue weighted by Crippen LogP contribution is -2.48. The maximum absolute atomic E-state index is 14.6. The fourth-order valence-corrected chi connectivity index (χ4v) is 6.84. The topological polar surface area (TPSA) is 97.3 Å². The van der Waals surface area contributed by atoms with E-state index >= 15 is 0 Å². The third-order valence-corrected chi connectivity index (χ3v) is 9.24. The van der Waals surface area contributed by atoms with Crippen molar-refractivity contribution in [2.75, 3.05) is 46.3 Å². The van der Waals surface area contributed by atoms with Crippen LogP contribution < -0.4 is 11.1 Å². The Bertz CT molecular complexity index is 1330. The Morgan fingerprint density at radius 3 is 2.55 bits per heavy atom. The molecule has 4 heterocycles. The molecule has 1 aromatic rings. The fourth-order valence-electron chi connectivity index (χ4n) is 6.84. The highest BCUT2D eigenvalue weighted by molar-refractivity contribution is 5.96. The molecule has 4 aliphatic heterocycles. The molecule has 0 aromatic heterocycles. The first-order valence-electron chi connectivity index (χ1n) is 15.1. The molecule has 0 radical (unpaired) electrons. The van der Waals surface area contributed by atoms with E-state index in [0.717, 1.165) is 42.5 Å². The molecule has 42 heavy (non-hydrogen) atoms. The third kappa shape index (κ3) is 5.87. The van der Waals surface area contributed by atoms with Crippen molar-refractivity contribution in [2.45, 2.75) is 77.2 Å². The SMILES string of the molecule is CCC(=O)N1CCC(NC2=C(C(N)=[N+]3CCCc4cc(C5(C)C=NN(C)C5)c(C(F)F)cc43)CN(C(C)=O)CC2)CC1. The Morgan fingerprint density at radius 2 is 1.93 bits per heavy atom. The second-order valence-corrected chi connectivity index (χ2v) is 12.3. The molecule has 1 saturated heterocycles. The normalized spacial score (nSPS) is 24.4. The third-order valence-electron chi connectivity index (χ3n) is 9.24. The van der Waals surface area contributed by atoms with Crippen LogP contribution in [-0.4, -0.2) is 95.6 Å². The van der Waals surface area contributed by atoms with Gasteiger partial charge in [0.25, 0.3) is 12.3 Å². The molecule has 1 unspecified atom stereocenters. The van der Waals surface area contributed by atoms with E-state index in [1.165, 1.54) is 0 Å². The Labute approximate surface area is 247 Å². The molecule has 1 aromatic carbocycles. The Kier molecular flexibility index (Phi) is 8.57. The maximum atomic E-state index is 14.6. The highest BCUT2D eigenvalue weighted by atomic mass is 19.3. The van der Waals surface area contributed by atoms with Crippen LogP contribution in [0.2, 0.25) is 0 Å². The van der Waals surface area contributed by atoms with Crippen LogP contribution in [-0.2, 0) is 21.4 Å². The minimum absolute atomic E-state index is 0.00687. The zero-order valence-electron chi connectivity index (χ0n) is 25.3. The van der Waals surface area contributed by atoms with Gasteiger partial charge in [0.1, 0.15) is 5.69 Å². The first-order valence-corrected chi connectivity index (χ1v) is 15.1. The first-order chi connectivity index (χ1) is 20.0. The number of hydrogen-bond acceptors (Lipinski definition) is 5. The molecule has 9 nitrogen and oxygen atoms in total. The number of alkyl halides is 2. The van der Waals surface area contributed by atoms with E-state index < -0.39 is 11.8 Å². The van der Waals surface area contributed by atoms with Gasteiger partial charge in [-0.05, 0) is 49.8 Å². The first kappa shape index (κ1) is 30.0. The molecule has 0 saturated carbocycles. The van der Waals surface area contributed by atoms with Gasteiger partial charge >= 0.3 is 0 Å². The molecule has 228 valence electrons. The van der Waals surface area contributed by atoms with E-state index in [9.17, 15) is 18.4 Å². The summed E-state index contributed by atoms with van der Waals surface area (Å²) in [5.41, 5.74) is 10.5. The number of nitrogens with one attached hydrogen (secondary N) is 1. The number of fused-ring (bicyclic) bond motifs is 1. The number of likely N-dealkylation sites (N-methyl/N-ethyl adjacent to an activating group) is 1. The summed E-state index contributed by atoms with van der Waals surface area (Å²) < 4.78 is 31.1. The molecular weight excluding hydrogens is 540 g/mol. The second-order valence-electron chi connectivity index (χ2n) is 12.3. The predicted octanol–water partition coefficient (Wildman–Crippen LogP) is 3.26. The van der Waals surface area contributed by atoms with Gasteiger partial charge in [-0.2, -0.15) is 5.10 Å². The highest BCUT2D eigenvalue weighted by Crippen LogP contribution is 2.40. The average Bonchev–Trinajstić information content (AvgIpc) is 3.34. The van der Waals surface area contributed by atoms with E-state index in [0.29, 0.717) is 69.2 Å². The van der Waals surface area contributed by atoms with Gasteiger partial charge < -0.3 is 15.1 Å². The number of hydrogen-bond donors (Lipinski definition) is 2. The van der Waals surface area contributed by atoms with Crippen LogP contribution in [0.5, 0.6) is 0 Å². The minimum atomic E-state index is -2.64. The molecule has 0 spiro atoms. The molecule has 3 N–H and O–H groups in total. The molecule has 5 rings (SSSR count). The van der Waals surface area contributed by atoms with Gasteiger partial charge in [0.15, 0.2) is 0 Å². The molecule has 0 aliphatic carbocycles. The number of halogens is 2. The Balaban J connectivity index is 1.52. The van der Waals surface area contributed by atoms with Crippen molar-refractivity contribution in [3.05, 3.63) is 40.1 Å². The molecule has 1 atom stereocenters. The zero-order valence-corrected chi connectivity index (χ0v) is 25.3. The molecule has 0 bridgehead atoms. The van der Waals surface area contributed by atoms with Crippen LogP contribution in [0.1, 0.15) is 76.0 Å². The minimum Gasteiger partial charge on any atom is -0.385 e. The highest BCUT2D eigenvalue weighted by Gasteiger charge is 2.38. The van der Waals surface area contributed by atoms with Crippen molar-refractivity contribution in [2.24, 2.45) is 10.8 Å². The smallest absolute Gasteiger partial charge is 0.279 e. The summed E-state index contributed by atoms with van der Waals surface area (Å²) in [5.74, 6) is 0.659. The molecular formula is C31H44F2N7O2+. The summed E-state index contributed by atoms with van der Waals surface area (Å²) in [6.07, 6.45) is 3.56. The van der Waals surface area contributed by atoms with Crippen LogP contribution in [0, 0.1) is 0 Å². The number of piperidine rings is 1. The van der Waals surface area contributed by atoms with Crippen molar-refractivity contribution in [3.63, 3.8) is 0 Å². The van der Waals surface area contributed by atoms with Crippen molar-refractivity contribution < 1.29 is 22.9 Å². The van der Waals surface area contributed by atoms with Gasteiger partial charge in [-0.1, -0.05) is 13.0 Å². The lowest BCUT2D eigenvalue weighted by atomic mass is 9.79. The van der Waals surface area contributed by atoms with Crippen LogP contribution >= 0.6 is 0 Å². The van der Waals surface area contributed by atoms with Gasteiger partial charge in [0.05, 0.1) is 25.2 Å².